The third-order valence-corrected chi connectivity index (χ3v) is 3.80. The molecular weight excluding hydrogens is 250 g/mol. The summed E-state index contributed by atoms with van der Waals surface area (Å²) in [7, 11) is 0. The Kier molecular flexibility index (Phi) is 3.96. The number of carbonyl (C=O) groups is 2. The molecule has 0 aliphatic carbocycles. The molecule has 5 nitrogen and oxygen atoms in total. The number of nitrogens with zero attached hydrogens (tertiary/aromatic N) is 2. The summed E-state index contributed by atoms with van der Waals surface area (Å²) >= 11 is 1.56. The number of aromatic nitrogens is 1. The Bertz CT molecular complexity index is 458. The fourth-order valence-electron chi connectivity index (χ4n) is 2.11. The maximum absolute atomic E-state index is 11.9. The predicted octanol–water partition coefficient (Wildman–Crippen LogP) is 1.08. The van der Waals surface area contributed by atoms with Crippen LogP contribution in [0.25, 0.3) is 0 Å². The monoisotopic (exact) mass is 267 g/mol. The van der Waals surface area contributed by atoms with Gasteiger partial charge in [0.1, 0.15) is 6.04 Å². The van der Waals surface area contributed by atoms with Gasteiger partial charge in [-0.3, -0.25) is 9.59 Å². The molecule has 2 rings (SSSR count). The molecule has 1 saturated heterocycles. The summed E-state index contributed by atoms with van der Waals surface area (Å²) in [6.07, 6.45) is 1.57. The second-order valence-electron chi connectivity index (χ2n) is 4.40. The highest BCUT2D eigenvalue weighted by Crippen LogP contribution is 2.17. The highest BCUT2D eigenvalue weighted by Gasteiger charge is 2.33. The van der Waals surface area contributed by atoms with Crippen molar-refractivity contribution in [1.29, 1.82) is 0 Å². The quantitative estimate of drug-likeness (QED) is 0.888. The van der Waals surface area contributed by atoms with E-state index in [0.29, 0.717) is 13.0 Å². The lowest BCUT2D eigenvalue weighted by Gasteiger charge is -2.34. The smallest absolute Gasteiger partial charge is 0.243 e. The molecule has 1 aromatic rings. The van der Waals surface area contributed by atoms with Crippen LogP contribution in [0.1, 0.15) is 30.5 Å². The fourth-order valence-corrected chi connectivity index (χ4v) is 2.72. The van der Waals surface area contributed by atoms with E-state index in [4.69, 9.17) is 0 Å². The summed E-state index contributed by atoms with van der Waals surface area (Å²) in [6.45, 7) is 4.48. The maximum Gasteiger partial charge on any atom is 0.243 e. The van der Waals surface area contributed by atoms with Crippen molar-refractivity contribution < 1.29 is 9.59 Å². The van der Waals surface area contributed by atoms with Crippen molar-refractivity contribution in [2.24, 2.45) is 0 Å². The lowest BCUT2D eigenvalue weighted by atomic mass is 10.1. The molecule has 0 radical (unpaired) electrons. The highest BCUT2D eigenvalue weighted by atomic mass is 32.1. The van der Waals surface area contributed by atoms with Gasteiger partial charge in [-0.15, -0.1) is 11.3 Å². The van der Waals surface area contributed by atoms with Gasteiger partial charge in [-0.2, -0.15) is 0 Å². The van der Waals surface area contributed by atoms with Crippen molar-refractivity contribution >= 4 is 23.2 Å². The van der Waals surface area contributed by atoms with Gasteiger partial charge in [-0.1, -0.05) is 13.3 Å². The number of rotatable bonds is 4. The Balaban J connectivity index is 2.15. The standard InChI is InChI=1S/C12H17N3O2S/c1-3-4-10-12(17)13-5-11(16)15(10)6-9-7-18-8(2)14-9/h7,10H,3-6H2,1-2H3,(H,13,17). The van der Waals surface area contributed by atoms with Crippen molar-refractivity contribution in [3.8, 4) is 0 Å². The average molecular weight is 267 g/mol. The van der Waals surface area contributed by atoms with Crippen LogP contribution in [-0.4, -0.2) is 34.3 Å². The van der Waals surface area contributed by atoms with E-state index >= 15 is 0 Å². The molecule has 1 aliphatic heterocycles. The molecule has 2 amide bonds. The molecule has 98 valence electrons. The maximum atomic E-state index is 11.9. The zero-order valence-electron chi connectivity index (χ0n) is 10.6. The Morgan fingerprint density at radius 2 is 2.33 bits per heavy atom. The van der Waals surface area contributed by atoms with E-state index in [-0.39, 0.29) is 24.4 Å². The van der Waals surface area contributed by atoms with Crippen molar-refractivity contribution in [1.82, 2.24) is 15.2 Å². The van der Waals surface area contributed by atoms with Gasteiger partial charge in [0, 0.05) is 5.38 Å². The van der Waals surface area contributed by atoms with E-state index in [0.717, 1.165) is 17.1 Å². The molecule has 0 aromatic carbocycles. The Morgan fingerprint density at radius 1 is 1.56 bits per heavy atom. The first kappa shape index (κ1) is 13.0. The molecule has 1 unspecified atom stereocenters. The first-order chi connectivity index (χ1) is 8.61. The van der Waals surface area contributed by atoms with Gasteiger partial charge in [0.15, 0.2) is 0 Å². The van der Waals surface area contributed by atoms with Crippen LogP contribution in [0.3, 0.4) is 0 Å². The molecule has 6 heteroatoms. The minimum absolute atomic E-state index is 0.0290. The number of nitrogens with one attached hydrogen (secondary N) is 1. The summed E-state index contributed by atoms with van der Waals surface area (Å²) in [5, 5.41) is 5.56. The number of amides is 2. The number of carbonyl (C=O) groups excluding carboxylic acids is 2. The SMILES string of the molecule is CCCC1C(=O)NCC(=O)N1Cc1csc(C)n1. The van der Waals surface area contributed by atoms with Crippen molar-refractivity contribution in [2.75, 3.05) is 6.54 Å². The van der Waals surface area contributed by atoms with Crippen LogP contribution in [0.4, 0.5) is 0 Å². The number of aryl methyl sites for hydroxylation is 1. The lowest BCUT2D eigenvalue weighted by Crippen LogP contribution is -2.57. The van der Waals surface area contributed by atoms with Crippen LogP contribution < -0.4 is 5.32 Å². The number of thiazole rings is 1. The highest BCUT2D eigenvalue weighted by molar-refractivity contribution is 7.09. The number of piperazine rings is 1. The van der Waals surface area contributed by atoms with E-state index in [1.165, 1.54) is 0 Å². The van der Waals surface area contributed by atoms with Gasteiger partial charge in [-0.05, 0) is 13.3 Å². The fraction of sp³-hybridized carbons (Fsp3) is 0.583. The van der Waals surface area contributed by atoms with Crippen LogP contribution in [0.5, 0.6) is 0 Å². The zero-order chi connectivity index (χ0) is 13.1. The molecule has 0 saturated carbocycles. The normalized spacial score (nSPS) is 20.1. The van der Waals surface area contributed by atoms with E-state index < -0.39 is 0 Å². The van der Waals surface area contributed by atoms with Crippen LogP contribution >= 0.6 is 11.3 Å². The molecular formula is C12H17N3O2S. The first-order valence-corrected chi connectivity index (χ1v) is 6.98. The van der Waals surface area contributed by atoms with Crippen molar-refractivity contribution in [2.45, 2.75) is 39.3 Å². The molecule has 1 N–H and O–H groups in total. The molecule has 2 heterocycles. The summed E-state index contributed by atoms with van der Waals surface area (Å²) in [5.74, 6) is -0.0814. The first-order valence-electron chi connectivity index (χ1n) is 6.10. The second kappa shape index (κ2) is 5.48. The number of hydrogen-bond donors (Lipinski definition) is 1. The molecule has 1 fully saturated rings. The second-order valence-corrected chi connectivity index (χ2v) is 5.46. The molecule has 0 bridgehead atoms. The predicted molar refractivity (Wildman–Crippen MR) is 69.1 cm³/mol. The molecule has 1 atom stereocenters. The Morgan fingerprint density at radius 3 is 2.94 bits per heavy atom. The lowest BCUT2D eigenvalue weighted by molar-refractivity contribution is -0.146. The van der Waals surface area contributed by atoms with Gasteiger partial charge in [0.05, 0.1) is 23.8 Å². The molecule has 18 heavy (non-hydrogen) atoms. The zero-order valence-corrected chi connectivity index (χ0v) is 11.4. The third-order valence-electron chi connectivity index (χ3n) is 2.97. The molecule has 1 aromatic heterocycles. The third kappa shape index (κ3) is 2.69. The average Bonchev–Trinajstić information content (AvgIpc) is 2.74. The topological polar surface area (TPSA) is 62.3 Å². The Hall–Kier alpha value is -1.43. The summed E-state index contributed by atoms with van der Waals surface area (Å²) < 4.78 is 0. The largest absolute Gasteiger partial charge is 0.345 e. The van der Waals surface area contributed by atoms with Crippen LogP contribution in [0.2, 0.25) is 0 Å². The van der Waals surface area contributed by atoms with Crippen LogP contribution in [-0.2, 0) is 16.1 Å². The number of hydrogen-bond acceptors (Lipinski definition) is 4. The van der Waals surface area contributed by atoms with E-state index in [1.54, 1.807) is 16.2 Å². The molecule has 1 aliphatic rings. The van der Waals surface area contributed by atoms with Gasteiger partial charge in [0.2, 0.25) is 11.8 Å². The summed E-state index contributed by atoms with van der Waals surface area (Å²) in [6, 6.07) is -0.349. The van der Waals surface area contributed by atoms with Gasteiger partial charge >= 0.3 is 0 Å². The molecule has 0 spiro atoms. The van der Waals surface area contributed by atoms with E-state index in [2.05, 4.69) is 10.3 Å². The van der Waals surface area contributed by atoms with Gasteiger partial charge in [0.25, 0.3) is 0 Å². The minimum Gasteiger partial charge on any atom is -0.345 e. The van der Waals surface area contributed by atoms with Crippen molar-refractivity contribution in [3.63, 3.8) is 0 Å². The van der Waals surface area contributed by atoms with Gasteiger partial charge in [-0.25, -0.2) is 4.98 Å². The minimum atomic E-state index is -0.349. The van der Waals surface area contributed by atoms with Gasteiger partial charge < -0.3 is 10.2 Å². The van der Waals surface area contributed by atoms with Crippen molar-refractivity contribution in [3.05, 3.63) is 16.1 Å². The van der Waals surface area contributed by atoms with E-state index in [9.17, 15) is 9.59 Å². The summed E-state index contributed by atoms with van der Waals surface area (Å²) in [4.78, 5) is 29.7. The van der Waals surface area contributed by atoms with Crippen LogP contribution in [0, 0.1) is 6.92 Å². The van der Waals surface area contributed by atoms with Crippen LogP contribution in [0.15, 0.2) is 5.38 Å². The Labute approximate surface area is 110 Å². The summed E-state index contributed by atoms with van der Waals surface area (Å²) in [5.41, 5.74) is 0.863. The van der Waals surface area contributed by atoms with E-state index in [1.807, 2.05) is 19.2 Å².